The van der Waals surface area contributed by atoms with Crippen molar-refractivity contribution in [1.29, 1.82) is 0 Å². The third kappa shape index (κ3) is 6.14. The minimum absolute atomic E-state index is 0.126. The number of aromatic nitrogens is 2. The lowest BCUT2D eigenvalue weighted by atomic mass is 9.75. The average molecular weight is 595 g/mol. The first kappa shape index (κ1) is 29.6. The molecule has 4 aliphatic rings. The number of aryl methyl sites for hydroxylation is 1. The highest BCUT2D eigenvalue weighted by Gasteiger charge is 2.50. The molecular weight excluding hydrogens is 552 g/mol. The Morgan fingerprint density at radius 3 is 2.65 bits per heavy atom. The van der Waals surface area contributed by atoms with E-state index in [1.54, 1.807) is 12.0 Å². The van der Waals surface area contributed by atoms with Gasteiger partial charge in [0, 0.05) is 30.6 Å². The molecule has 2 bridgehead atoms. The normalized spacial score (nSPS) is 31.4. The van der Waals surface area contributed by atoms with Crippen LogP contribution in [-0.2, 0) is 25.5 Å². The predicted molar refractivity (Wildman–Crippen MR) is 157 cm³/mol. The highest BCUT2D eigenvalue weighted by Crippen LogP contribution is 2.40. The molecule has 2 amide bonds. The molecule has 3 aliphatic heterocycles. The van der Waals surface area contributed by atoms with Crippen LogP contribution in [0, 0.1) is 17.3 Å². The summed E-state index contributed by atoms with van der Waals surface area (Å²) in [6.45, 7) is 5.09. The fraction of sp³-hybridized carbons (Fsp3) is 0.656. The average Bonchev–Trinajstić information content (AvgIpc) is 3.66. The van der Waals surface area contributed by atoms with E-state index < -0.39 is 29.7 Å². The molecule has 2 saturated heterocycles. The molecule has 3 fully saturated rings. The summed E-state index contributed by atoms with van der Waals surface area (Å²) in [6, 6.07) is 4.01. The van der Waals surface area contributed by atoms with Crippen molar-refractivity contribution in [2.45, 2.75) is 89.5 Å². The molecule has 1 aromatic heterocycles. The quantitative estimate of drug-likeness (QED) is 0.527. The Balaban J connectivity index is 1.34. The minimum atomic E-state index is -0.864. The smallest absolute Gasteiger partial charge is 0.408 e. The first-order chi connectivity index (χ1) is 20.8. The van der Waals surface area contributed by atoms with E-state index in [1.807, 2.05) is 32.0 Å². The maximum atomic E-state index is 14.3. The highest BCUT2D eigenvalue weighted by atomic mass is 16.6. The van der Waals surface area contributed by atoms with E-state index in [4.69, 9.17) is 28.9 Å². The number of fused-ring (bicyclic) bond motifs is 5. The van der Waals surface area contributed by atoms with E-state index in [0.29, 0.717) is 55.5 Å². The molecule has 1 N–H and O–H groups in total. The number of nitrogens with one attached hydrogen (secondary N) is 1. The first-order valence-corrected chi connectivity index (χ1v) is 15.6. The van der Waals surface area contributed by atoms with E-state index in [1.165, 1.54) is 0 Å². The van der Waals surface area contributed by atoms with Crippen molar-refractivity contribution in [1.82, 2.24) is 20.2 Å². The van der Waals surface area contributed by atoms with Gasteiger partial charge >= 0.3 is 6.09 Å². The van der Waals surface area contributed by atoms with Crippen LogP contribution in [0.1, 0.15) is 64.5 Å². The zero-order chi connectivity index (χ0) is 30.1. The van der Waals surface area contributed by atoms with Crippen molar-refractivity contribution in [2.24, 2.45) is 17.3 Å². The lowest BCUT2D eigenvalue weighted by Crippen LogP contribution is -2.59. The van der Waals surface area contributed by atoms with Crippen molar-refractivity contribution in [3.63, 3.8) is 0 Å². The third-order valence-electron chi connectivity index (χ3n) is 9.90. The first-order valence-electron chi connectivity index (χ1n) is 15.6. The van der Waals surface area contributed by atoms with Gasteiger partial charge in [-0.3, -0.25) is 4.79 Å². The van der Waals surface area contributed by atoms with Crippen LogP contribution in [0.2, 0.25) is 0 Å². The van der Waals surface area contributed by atoms with Gasteiger partial charge in [-0.15, -0.1) is 0 Å². The van der Waals surface area contributed by atoms with E-state index in [-0.39, 0.29) is 24.5 Å². The number of methoxy groups -OCH3 is 1. The van der Waals surface area contributed by atoms with Gasteiger partial charge in [-0.25, -0.2) is 14.8 Å². The van der Waals surface area contributed by atoms with Gasteiger partial charge in [0.05, 0.1) is 30.7 Å². The SMILES string of the molecule is COc1ccc2nc3c(nc2c1)O[C@H]1CN(C(=O)[C@H](C2(C)CCOCC2)NC(=O)O[C@@H]2C[C@H]2CCCCC3)[C@H](C=O)[C@@H]1C. The molecule has 1 aromatic carbocycles. The number of ether oxygens (including phenoxy) is 4. The molecule has 1 aliphatic carbocycles. The van der Waals surface area contributed by atoms with Crippen molar-refractivity contribution < 1.29 is 33.3 Å². The summed E-state index contributed by atoms with van der Waals surface area (Å²) in [5.74, 6) is 0.827. The highest BCUT2D eigenvalue weighted by molar-refractivity contribution is 5.89. The molecule has 0 unspecified atom stereocenters. The molecular formula is C32H42N4O7. The van der Waals surface area contributed by atoms with Gasteiger partial charge in [-0.05, 0) is 56.6 Å². The summed E-state index contributed by atoms with van der Waals surface area (Å²) in [7, 11) is 1.61. The summed E-state index contributed by atoms with van der Waals surface area (Å²) in [4.78, 5) is 51.2. The fourth-order valence-corrected chi connectivity index (χ4v) is 6.81. The zero-order valence-corrected chi connectivity index (χ0v) is 25.3. The Bertz CT molecular complexity index is 1360. The second kappa shape index (κ2) is 12.3. The number of hydrogen-bond donors (Lipinski definition) is 1. The molecule has 11 heteroatoms. The van der Waals surface area contributed by atoms with Crippen LogP contribution >= 0.6 is 0 Å². The Hall–Kier alpha value is -3.47. The molecule has 0 radical (unpaired) electrons. The van der Waals surface area contributed by atoms with E-state index in [0.717, 1.165) is 49.6 Å². The van der Waals surface area contributed by atoms with Gasteiger partial charge in [0.25, 0.3) is 0 Å². The number of hydrogen-bond acceptors (Lipinski definition) is 9. The van der Waals surface area contributed by atoms with Crippen LogP contribution in [0.5, 0.6) is 11.6 Å². The monoisotopic (exact) mass is 594 g/mol. The van der Waals surface area contributed by atoms with Gasteiger partial charge in [0.15, 0.2) is 0 Å². The number of nitrogens with zero attached hydrogens (tertiary/aromatic N) is 3. The summed E-state index contributed by atoms with van der Waals surface area (Å²) < 4.78 is 23.3. The van der Waals surface area contributed by atoms with Crippen molar-refractivity contribution in [3.8, 4) is 11.6 Å². The topological polar surface area (TPSA) is 129 Å². The number of benzene rings is 1. The van der Waals surface area contributed by atoms with Crippen LogP contribution in [-0.4, -0.2) is 84.3 Å². The van der Waals surface area contributed by atoms with Gasteiger partial charge in [0.2, 0.25) is 11.8 Å². The van der Waals surface area contributed by atoms with E-state index in [2.05, 4.69) is 5.32 Å². The summed E-state index contributed by atoms with van der Waals surface area (Å²) in [6.07, 6.45) is 6.29. The Morgan fingerprint density at radius 2 is 1.88 bits per heavy atom. The van der Waals surface area contributed by atoms with Gasteiger partial charge in [-0.1, -0.05) is 26.7 Å². The number of alkyl carbamates (subject to hydrolysis) is 1. The van der Waals surface area contributed by atoms with Crippen LogP contribution < -0.4 is 14.8 Å². The molecule has 4 heterocycles. The van der Waals surface area contributed by atoms with Crippen LogP contribution in [0.3, 0.4) is 0 Å². The lowest BCUT2D eigenvalue weighted by Gasteiger charge is -2.41. The molecule has 2 aromatic rings. The van der Waals surface area contributed by atoms with Gasteiger partial charge in [0.1, 0.15) is 36.0 Å². The Morgan fingerprint density at radius 1 is 1.07 bits per heavy atom. The minimum Gasteiger partial charge on any atom is -0.497 e. The predicted octanol–water partition coefficient (Wildman–Crippen LogP) is 3.85. The summed E-state index contributed by atoms with van der Waals surface area (Å²) in [5, 5.41) is 2.93. The summed E-state index contributed by atoms with van der Waals surface area (Å²) in [5.41, 5.74) is 1.63. The third-order valence-corrected chi connectivity index (χ3v) is 9.90. The number of aldehydes is 1. The van der Waals surface area contributed by atoms with Crippen molar-refractivity contribution >= 4 is 29.3 Å². The van der Waals surface area contributed by atoms with E-state index >= 15 is 0 Å². The lowest BCUT2D eigenvalue weighted by molar-refractivity contribution is -0.142. The maximum Gasteiger partial charge on any atom is 0.408 e. The Kier molecular flexibility index (Phi) is 8.44. The fourth-order valence-electron chi connectivity index (χ4n) is 6.81. The molecule has 1 saturated carbocycles. The van der Waals surface area contributed by atoms with Crippen molar-refractivity contribution in [3.05, 3.63) is 23.9 Å². The van der Waals surface area contributed by atoms with Crippen LogP contribution in [0.15, 0.2) is 18.2 Å². The summed E-state index contributed by atoms with van der Waals surface area (Å²) >= 11 is 0. The molecule has 0 spiro atoms. The number of carbonyl (C=O) groups is 3. The largest absolute Gasteiger partial charge is 0.497 e. The van der Waals surface area contributed by atoms with Crippen molar-refractivity contribution in [2.75, 3.05) is 26.9 Å². The van der Waals surface area contributed by atoms with Gasteiger partial charge in [-0.2, -0.15) is 0 Å². The van der Waals surface area contributed by atoms with Crippen LogP contribution in [0.4, 0.5) is 4.79 Å². The molecule has 43 heavy (non-hydrogen) atoms. The number of rotatable bonds is 3. The molecule has 6 rings (SSSR count). The molecule has 6 atom stereocenters. The maximum absolute atomic E-state index is 14.3. The standard InChI is InChI=1S/C32H42N4O7/c1-19-25(18-37)36-17-27(19)42-29-23(33-22-10-9-21(40-3)16-24(22)34-29)8-6-4-5-7-20-15-26(20)43-31(39)35-28(30(36)38)32(2)11-13-41-14-12-32/h9-10,16,18-20,25-28H,4-8,11-15,17H2,1-3H3,(H,35,39)/t19-,20+,25+,26+,27-,28+/m0/s1. The second-order valence-electron chi connectivity index (χ2n) is 12.8. The zero-order valence-electron chi connectivity index (χ0n) is 25.3. The number of amides is 2. The Labute approximate surface area is 252 Å². The molecule has 232 valence electrons. The number of carbonyl (C=O) groups excluding carboxylic acids is 3. The molecule has 11 nitrogen and oxygen atoms in total. The van der Waals surface area contributed by atoms with Gasteiger partial charge < -0.3 is 34.0 Å². The second-order valence-corrected chi connectivity index (χ2v) is 12.8. The van der Waals surface area contributed by atoms with E-state index in [9.17, 15) is 14.4 Å². The van der Waals surface area contributed by atoms with Crippen LogP contribution in [0.25, 0.3) is 11.0 Å².